The molecule has 2 aromatic rings. The van der Waals surface area contributed by atoms with E-state index in [-0.39, 0.29) is 11.9 Å². The van der Waals surface area contributed by atoms with Crippen LogP contribution in [0, 0.1) is 0 Å². The molecule has 0 unspecified atom stereocenters. The molecule has 0 bridgehead atoms. The molecular weight excluding hydrogens is 274 g/mol. The van der Waals surface area contributed by atoms with Gasteiger partial charge in [0, 0.05) is 31.2 Å². The first-order valence-corrected chi connectivity index (χ1v) is 7.71. The van der Waals surface area contributed by atoms with Crippen molar-refractivity contribution in [3.8, 4) is 0 Å². The number of likely N-dealkylation sites (N-methyl/N-ethyl adjacent to an activating group) is 1. The van der Waals surface area contributed by atoms with Crippen LogP contribution in [0.3, 0.4) is 0 Å². The highest BCUT2D eigenvalue weighted by atomic mass is 16.2. The molecule has 1 aliphatic heterocycles. The van der Waals surface area contributed by atoms with E-state index in [4.69, 9.17) is 0 Å². The zero-order chi connectivity index (χ0) is 15.4. The maximum atomic E-state index is 12.6. The number of aromatic nitrogens is 1. The number of benzene rings is 1. The van der Waals surface area contributed by atoms with Crippen molar-refractivity contribution in [2.45, 2.75) is 18.9 Å². The van der Waals surface area contributed by atoms with E-state index in [1.807, 2.05) is 66.8 Å². The highest BCUT2D eigenvalue weighted by Crippen LogP contribution is 2.23. The standard InChI is InChI=1S/C18H21N3O/c1-20(13-9-15-7-11-19-12-8-15)17-10-14-21(18(17)22)16-5-3-2-4-6-16/h2-8,11-12,17H,9-10,13-14H2,1H3/t17-/m1/s1. The number of anilines is 1. The van der Waals surface area contributed by atoms with Gasteiger partial charge in [0.15, 0.2) is 0 Å². The lowest BCUT2D eigenvalue weighted by Crippen LogP contribution is -2.40. The third-order valence-corrected chi connectivity index (χ3v) is 4.28. The van der Waals surface area contributed by atoms with Gasteiger partial charge in [0.25, 0.3) is 0 Å². The second-order valence-electron chi connectivity index (χ2n) is 5.72. The van der Waals surface area contributed by atoms with Gasteiger partial charge >= 0.3 is 0 Å². The van der Waals surface area contributed by atoms with Gasteiger partial charge in [-0.25, -0.2) is 0 Å². The predicted molar refractivity (Wildman–Crippen MR) is 87.8 cm³/mol. The minimum absolute atomic E-state index is 0.0120. The van der Waals surface area contributed by atoms with E-state index in [1.165, 1.54) is 5.56 Å². The number of pyridine rings is 1. The summed E-state index contributed by atoms with van der Waals surface area (Å²) in [4.78, 5) is 20.7. The third kappa shape index (κ3) is 3.17. The van der Waals surface area contributed by atoms with Gasteiger partial charge < -0.3 is 4.90 Å². The Balaban J connectivity index is 1.60. The van der Waals surface area contributed by atoms with Crippen LogP contribution in [0.15, 0.2) is 54.9 Å². The van der Waals surface area contributed by atoms with Crippen molar-refractivity contribution in [3.63, 3.8) is 0 Å². The summed E-state index contributed by atoms with van der Waals surface area (Å²) in [5, 5.41) is 0. The number of carbonyl (C=O) groups is 1. The Morgan fingerprint density at radius 1 is 1.18 bits per heavy atom. The molecule has 1 fully saturated rings. The van der Waals surface area contributed by atoms with Gasteiger partial charge in [-0.1, -0.05) is 18.2 Å². The molecule has 2 heterocycles. The second-order valence-corrected chi connectivity index (χ2v) is 5.72. The van der Waals surface area contributed by atoms with Crippen LogP contribution in [0.5, 0.6) is 0 Å². The molecule has 1 aliphatic rings. The summed E-state index contributed by atoms with van der Waals surface area (Å²) in [6.07, 6.45) is 5.45. The summed E-state index contributed by atoms with van der Waals surface area (Å²) in [6.45, 7) is 1.68. The fraction of sp³-hybridized carbons (Fsp3) is 0.333. The van der Waals surface area contributed by atoms with E-state index in [1.54, 1.807) is 0 Å². The van der Waals surface area contributed by atoms with Crippen LogP contribution in [-0.2, 0) is 11.2 Å². The van der Waals surface area contributed by atoms with Crippen LogP contribution < -0.4 is 4.90 Å². The molecule has 4 heteroatoms. The molecule has 1 atom stereocenters. The average molecular weight is 295 g/mol. The molecule has 1 saturated heterocycles. The fourth-order valence-corrected chi connectivity index (χ4v) is 2.95. The lowest BCUT2D eigenvalue weighted by molar-refractivity contribution is -0.121. The molecule has 1 amide bonds. The first-order valence-electron chi connectivity index (χ1n) is 7.71. The molecule has 3 rings (SSSR count). The van der Waals surface area contributed by atoms with E-state index in [0.29, 0.717) is 0 Å². The van der Waals surface area contributed by atoms with Crippen LogP contribution in [-0.4, -0.2) is 42.0 Å². The Labute approximate surface area is 131 Å². The Bertz CT molecular complexity index is 615. The minimum atomic E-state index is -0.0120. The maximum Gasteiger partial charge on any atom is 0.244 e. The number of nitrogens with zero attached hydrogens (tertiary/aromatic N) is 3. The SMILES string of the molecule is CN(CCc1ccncc1)[C@@H]1CCN(c2ccccc2)C1=O. The highest BCUT2D eigenvalue weighted by molar-refractivity contribution is 5.99. The van der Waals surface area contributed by atoms with Crippen LogP contribution in [0.2, 0.25) is 0 Å². The predicted octanol–water partition coefficient (Wildman–Crippen LogP) is 2.36. The number of carbonyl (C=O) groups excluding carboxylic acids is 1. The zero-order valence-corrected chi connectivity index (χ0v) is 12.9. The monoisotopic (exact) mass is 295 g/mol. The Morgan fingerprint density at radius 2 is 1.91 bits per heavy atom. The molecule has 0 radical (unpaired) electrons. The zero-order valence-electron chi connectivity index (χ0n) is 12.9. The van der Waals surface area contributed by atoms with Crippen LogP contribution in [0.25, 0.3) is 0 Å². The van der Waals surface area contributed by atoms with E-state index in [2.05, 4.69) is 9.88 Å². The topological polar surface area (TPSA) is 36.4 Å². The molecule has 0 aliphatic carbocycles. The lowest BCUT2D eigenvalue weighted by Gasteiger charge is -2.23. The van der Waals surface area contributed by atoms with Crippen molar-refractivity contribution in [2.75, 3.05) is 25.0 Å². The minimum Gasteiger partial charge on any atom is -0.311 e. The molecular formula is C18H21N3O. The summed E-state index contributed by atoms with van der Waals surface area (Å²) >= 11 is 0. The van der Waals surface area contributed by atoms with Crippen molar-refractivity contribution >= 4 is 11.6 Å². The van der Waals surface area contributed by atoms with Crippen molar-refractivity contribution in [3.05, 3.63) is 60.4 Å². The van der Waals surface area contributed by atoms with Crippen LogP contribution >= 0.6 is 0 Å². The Hall–Kier alpha value is -2.20. The first-order chi connectivity index (χ1) is 10.8. The molecule has 114 valence electrons. The average Bonchev–Trinajstić information content (AvgIpc) is 2.96. The molecule has 4 nitrogen and oxygen atoms in total. The van der Waals surface area contributed by atoms with Crippen LogP contribution in [0.1, 0.15) is 12.0 Å². The maximum absolute atomic E-state index is 12.6. The number of rotatable bonds is 5. The van der Waals surface area contributed by atoms with Gasteiger partial charge in [0.05, 0.1) is 6.04 Å². The summed E-state index contributed by atoms with van der Waals surface area (Å²) in [5.41, 5.74) is 2.25. The van der Waals surface area contributed by atoms with Crippen molar-refractivity contribution in [1.29, 1.82) is 0 Å². The van der Waals surface area contributed by atoms with E-state index >= 15 is 0 Å². The lowest BCUT2D eigenvalue weighted by atomic mass is 10.1. The summed E-state index contributed by atoms with van der Waals surface area (Å²) in [5.74, 6) is 0.212. The molecule has 1 aromatic heterocycles. The first kappa shape index (κ1) is 14.7. The Kier molecular flexibility index (Phi) is 4.49. The largest absolute Gasteiger partial charge is 0.311 e. The van der Waals surface area contributed by atoms with Crippen molar-refractivity contribution < 1.29 is 4.79 Å². The number of amides is 1. The smallest absolute Gasteiger partial charge is 0.244 e. The van der Waals surface area contributed by atoms with Crippen molar-refractivity contribution in [2.24, 2.45) is 0 Å². The van der Waals surface area contributed by atoms with E-state index in [9.17, 15) is 4.79 Å². The summed E-state index contributed by atoms with van der Waals surface area (Å²) < 4.78 is 0. The molecule has 1 aromatic carbocycles. The number of hydrogen-bond acceptors (Lipinski definition) is 3. The normalized spacial score (nSPS) is 18.2. The van der Waals surface area contributed by atoms with Gasteiger partial charge in [-0.15, -0.1) is 0 Å². The molecule has 0 saturated carbocycles. The quantitative estimate of drug-likeness (QED) is 0.849. The summed E-state index contributed by atoms with van der Waals surface area (Å²) in [6, 6.07) is 14.0. The van der Waals surface area contributed by atoms with E-state index < -0.39 is 0 Å². The second kappa shape index (κ2) is 6.71. The van der Waals surface area contributed by atoms with Gasteiger partial charge in [0.1, 0.15) is 0 Å². The van der Waals surface area contributed by atoms with Crippen LogP contribution in [0.4, 0.5) is 5.69 Å². The fourth-order valence-electron chi connectivity index (χ4n) is 2.95. The van der Waals surface area contributed by atoms with Gasteiger partial charge in [-0.05, 0) is 49.7 Å². The third-order valence-electron chi connectivity index (χ3n) is 4.28. The number of para-hydroxylation sites is 1. The van der Waals surface area contributed by atoms with Gasteiger partial charge in [-0.2, -0.15) is 0 Å². The molecule has 0 spiro atoms. The van der Waals surface area contributed by atoms with E-state index in [0.717, 1.165) is 31.6 Å². The van der Waals surface area contributed by atoms with Crippen molar-refractivity contribution in [1.82, 2.24) is 9.88 Å². The summed E-state index contributed by atoms with van der Waals surface area (Å²) in [7, 11) is 2.04. The highest BCUT2D eigenvalue weighted by Gasteiger charge is 2.34. The molecule has 0 N–H and O–H groups in total. The number of hydrogen-bond donors (Lipinski definition) is 0. The van der Waals surface area contributed by atoms with Gasteiger partial charge in [0.2, 0.25) is 5.91 Å². The molecule has 22 heavy (non-hydrogen) atoms. The Morgan fingerprint density at radius 3 is 2.64 bits per heavy atom. The van der Waals surface area contributed by atoms with Gasteiger partial charge in [-0.3, -0.25) is 14.7 Å².